The van der Waals surface area contributed by atoms with Crippen LogP contribution in [0.25, 0.3) is 0 Å². The Morgan fingerprint density at radius 3 is 2.16 bits per heavy atom. The third kappa shape index (κ3) is 5.65. The molecule has 10 heteroatoms. The second-order valence-electron chi connectivity index (χ2n) is 6.52. The topological polar surface area (TPSA) is 96.7 Å². The van der Waals surface area contributed by atoms with Gasteiger partial charge in [0, 0.05) is 29.2 Å². The van der Waals surface area contributed by atoms with Gasteiger partial charge in [0.15, 0.2) is 5.84 Å². The molecule has 1 atom stereocenters. The predicted molar refractivity (Wildman–Crippen MR) is 118 cm³/mol. The van der Waals surface area contributed by atoms with Gasteiger partial charge in [0.25, 0.3) is 0 Å². The van der Waals surface area contributed by atoms with Crippen molar-refractivity contribution in [3.05, 3.63) is 100 Å². The Hall–Kier alpha value is -2.85. The summed E-state index contributed by atoms with van der Waals surface area (Å²) in [5, 5.41) is 4.04. The fourth-order valence-electron chi connectivity index (χ4n) is 2.90. The number of hydrazone groups is 1. The molecule has 31 heavy (non-hydrogen) atoms. The van der Waals surface area contributed by atoms with Crippen molar-refractivity contribution in [3.8, 4) is 0 Å². The highest BCUT2D eigenvalue weighted by molar-refractivity contribution is 7.82. The normalized spacial score (nSPS) is 12.7. The highest BCUT2D eigenvalue weighted by atomic mass is 35.5. The summed E-state index contributed by atoms with van der Waals surface area (Å²) in [5.41, 5.74) is 3.64. The third-order valence-corrected chi connectivity index (χ3v) is 6.15. The number of benzene rings is 3. The van der Waals surface area contributed by atoms with E-state index in [9.17, 15) is 13.0 Å². The van der Waals surface area contributed by atoms with E-state index in [0.29, 0.717) is 21.3 Å². The van der Waals surface area contributed by atoms with Crippen LogP contribution in [0.4, 0.5) is 8.78 Å². The van der Waals surface area contributed by atoms with Crippen molar-refractivity contribution in [2.75, 3.05) is 0 Å². The average molecular weight is 464 g/mol. The molecule has 3 aromatic rings. The first-order valence-electron chi connectivity index (χ1n) is 9.12. The lowest BCUT2D eigenvalue weighted by molar-refractivity contribution is 0.411. The van der Waals surface area contributed by atoms with E-state index in [1.807, 2.05) is 0 Å². The number of nitrogens with one attached hydrogen (secondary N) is 1. The van der Waals surface area contributed by atoms with E-state index in [-0.39, 0.29) is 18.7 Å². The Kier molecular flexibility index (Phi) is 7.69. The fraction of sp³-hybridized carbons (Fsp3) is 0.0952. The van der Waals surface area contributed by atoms with Crippen LogP contribution in [0.1, 0.15) is 16.7 Å². The van der Waals surface area contributed by atoms with Gasteiger partial charge in [0.2, 0.25) is 0 Å². The number of nitrogens with zero attached hydrogens (tertiary/aromatic N) is 2. The number of hydrazine groups is 1. The third-order valence-electron chi connectivity index (χ3n) is 4.50. The van der Waals surface area contributed by atoms with Gasteiger partial charge in [-0.2, -0.15) is 5.10 Å². The molecule has 1 unspecified atom stereocenters. The maximum Gasteiger partial charge on any atom is 0.166 e. The molecule has 0 aromatic heterocycles. The lowest BCUT2D eigenvalue weighted by atomic mass is 10.1. The van der Waals surface area contributed by atoms with Crippen LogP contribution in [0.2, 0.25) is 5.02 Å². The van der Waals surface area contributed by atoms with E-state index in [2.05, 4.69) is 10.5 Å². The summed E-state index contributed by atoms with van der Waals surface area (Å²) in [4.78, 5) is 0.461. The number of halogens is 3. The molecule has 0 fully saturated rings. The maximum atomic E-state index is 14.3. The van der Waals surface area contributed by atoms with Crippen molar-refractivity contribution < 1.29 is 13.0 Å². The first-order chi connectivity index (χ1) is 14.9. The lowest BCUT2D eigenvalue weighted by Crippen LogP contribution is -2.32. The van der Waals surface area contributed by atoms with Crippen molar-refractivity contribution in [3.63, 3.8) is 0 Å². The van der Waals surface area contributed by atoms with Crippen molar-refractivity contribution >= 4 is 28.4 Å². The Morgan fingerprint density at radius 1 is 1.00 bits per heavy atom. The molecule has 0 amide bonds. The van der Waals surface area contributed by atoms with Gasteiger partial charge < -0.3 is 11.3 Å². The van der Waals surface area contributed by atoms with E-state index in [4.69, 9.17) is 23.3 Å². The molecular formula is C21H20ClF2N5OS. The molecule has 0 saturated heterocycles. The number of rotatable bonds is 7. The molecule has 0 radical (unpaired) electrons. The van der Waals surface area contributed by atoms with Crippen molar-refractivity contribution in [2.45, 2.75) is 18.0 Å². The van der Waals surface area contributed by atoms with Crippen molar-refractivity contribution in [1.82, 2.24) is 9.73 Å². The van der Waals surface area contributed by atoms with Crippen LogP contribution in [0.5, 0.6) is 0 Å². The number of hydrogen-bond acceptors (Lipinski definition) is 4. The predicted octanol–water partition coefficient (Wildman–Crippen LogP) is 3.43. The Labute approximate surface area is 186 Å². The van der Waals surface area contributed by atoms with E-state index in [1.165, 1.54) is 22.5 Å². The van der Waals surface area contributed by atoms with Gasteiger partial charge in [-0.25, -0.2) is 23.1 Å². The molecule has 0 bridgehead atoms. The Morgan fingerprint density at radius 2 is 1.61 bits per heavy atom. The standard InChI is InChI=1S/C21H20ClF2N5OS/c22-16-8-10-17(11-9-16)31(30)29(13-18-19(23)2-1-3-20(18)24)12-14-4-6-15(7-5-14)21(27-25)28-26/h1-11H,12-13,25-26H2,(H,27,28). The smallest absolute Gasteiger partial charge is 0.166 e. The van der Waals surface area contributed by atoms with E-state index in [0.717, 1.165) is 5.56 Å². The molecule has 3 aromatic carbocycles. The molecular weight excluding hydrogens is 444 g/mol. The quantitative estimate of drug-likeness (QED) is 0.216. The summed E-state index contributed by atoms with van der Waals surface area (Å²) in [6.45, 7) is -0.0379. The van der Waals surface area contributed by atoms with E-state index < -0.39 is 22.6 Å². The summed E-state index contributed by atoms with van der Waals surface area (Å²) in [6.07, 6.45) is 0. The largest absolute Gasteiger partial charge is 0.321 e. The molecule has 6 nitrogen and oxygen atoms in total. The van der Waals surface area contributed by atoms with Gasteiger partial charge >= 0.3 is 0 Å². The number of hydrogen-bond donors (Lipinski definition) is 3. The van der Waals surface area contributed by atoms with Gasteiger partial charge in [-0.3, -0.25) is 0 Å². The van der Waals surface area contributed by atoms with Gasteiger partial charge in [-0.15, -0.1) is 0 Å². The molecule has 0 heterocycles. The molecule has 0 saturated carbocycles. The minimum Gasteiger partial charge on any atom is -0.321 e. The van der Waals surface area contributed by atoms with E-state index >= 15 is 0 Å². The van der Waals surface area contributed by atoms with Crippen LogP contribution < -0.4 is 17.1 Å². The molecule has 0 aliphatic heterocycles. The number of nitrogens with two attached hydrogens (primary N) is 2. The van der Waals surface area contributed by atoms with Crippen LogP contribution in [0, 0.1) is 11.6 Å². The number of amidine groups is 1. The summed E-state index contributed by atoms with van der Waals surface area (Å²) in [5.74, 6) is 9.54. The summed E-state index contributed by atoms with van der Waals surface area (Å²) >= 11 is 5.92. The molecule has 5 N–H and O–H groups in total. The van der Waals surface area contributed by atoms with Gasteiger partial charge in [0.05, 0.1) is 4.90 Å². The molecule has 162 valence electrons. The first kappa shape index (κ1) is 22.8. The average Bonchev–Trinajstić information content (AvgIpc) is 2.77. The van der Waals surface area contributed by atoms with Crippen molar-refractivity contribution in [2.24, 2.45) is 16.8 Å². The highest BCUT2D eigenvalue weighted by Crippen LogP contribution is 2.22. The zero-order valence-corrected chi connectivity index (χ0v) is 17.8. The Bertz CT molecular complexity index is 1070. The summed E-state index contributed by atoms with van der Waals surface area (Å²) < 4.78 is 43.2. The van der Waals surface area contributed by atoms with Gasteiger partial charge in [-0.1, -0.05) is 41.9 Å². The second kappa shape index (κ2) is 10.5. The zero-order valence-electron chi connectivity index (χ0n) is 16.3. The molecule has 3 rings (SSSR count). The Balaban J connectivity index is 1.91. The molecule has 0 spiro atoms. The van der Waals surface area contributed by atoms with Gasteiger partial charge in [0.1, 0.15) is 22.6 Å². The van der Waals surface area contributed by atoms with Crippen LogP contribution in [0.3, 0.4) is 0 Å². The minimum atomic E-state index is -1.70. The SMILES string of the molecule is N/N=C(\NN)c1ccc(CN(Cc2c(F)cccc2F)S(=O)c2ccc(Cl)cc2)cc1. The molecule has 0 aliphatic carbocycles. The summed E-state index contributed by atoms with van der Waals surface area (Å²) in [7, 11) is -1.70. The van der Waals surface area contributed by atoms with Crippen LogP contribution >= 0.6 is 11.6 Å². The van der Waals surface area contributed by atoms with Crippen LogP contribution in [0.15, 0.2) is 76.7 Å². The highest BCUT2D eigenvalue weighted by Gasteiger charge is 2.20. The minimum absolute atomic E-state index is 0.161. The first-order valence-corrected chi connectivity index (χ1v) is 10.6. The molecule has 0 aliphatic rings. The zero-order chi connectivity index (χ0) is 22.4. The lowest BCUT2D eigenvalue weighted by Gasteiger charge is -2.22. The fourth-order valence-corrected chi connectivity index (χ4v) is 4.21. The van der Waals surface area contributed by atoms with Crippen LogP contribution in [-0.2, 0) is 24.1 Å². The second-order valence-corrected chi connectivity index (χ2v) is 8.44. The summed E-state index contributed by atoms with van der Waals surface area (Å²) in [6, 6.07) is 17.1. The van der Waals surface area contributed by atoms with Gasteiger partial charge in [-0.05, 0) is 42.0 Å². The maximum absolute atomic E-state index is 14.3. The van der Waals surface area contributed by atoms with E-state index in [1.54, 1.807) is 48.5 Å². The monoisotopic (exact) mass is 463 g/mol. The van der Waals surface area contributed by atoms with Crippen LogP contribution in [-0.4, -0.2) is 14.3 Å². The van der Waals surface area contributed by atoms with Crippen molar-refractivity contribution in [1.29, 1.82) is 0 Å².